The second-order valence-corrected chi connectivity index (χ2v) is 8.84. The number of nitrogens with one attached hydrogen (secondary N) is 3. The average molecular weight is 488 g/mol. The minimum absolute atomic E-state index is 0.284. The first-order valence-electron chi connectivity index (χ1n) is 11.0. The number of para-hydroxylation sites is 1. The van der Waals surface area contributed by atoms with Crippen LogP contribution < -0.4 is 16.0 Å². The molecule has 9 heteroatoms. The van der Waals surface area contributed by atoms with Gasteiger partial charge in [0.2, 0.25) is 0 Å². The molecular formula is C26H25N5O3S. The van der Waals surface area contributed by atoms with E-state index in [2.05, 4.69) is 26.1 Å². The van der Waals surface area contributed by atoms with Gasteiger partial charge in [-0.1, -0.05) is 29.4 Å². The fourth-order valence-corrected chi connectivity index (χ4v) is 4.51. The Labute approximate surface area is 207 Å². The van der Waals surface area contributed by atoms with Crippen molar-refractivity contribution in [3.8, 4) is 0 Å². The van der Waals surface area contributed by atoms with Crippen LogP contribution in [0, 0.1) is 20.8 Å². The summed E-state index contributed by atoms with van der Waals surface area (Å²) in [6.45, 7) is 5.65. The molecule has 0 aliphatic heterocycles. The SMILES string of the molecule is Cc1ccc(NC(=O)Nc2ccccc2)cc1NC(=O)c1cccnc1SCc1c(C)noc1C. The van der Waals surface area contributed by atoms with Gasteiger partial charge in [0.05, 0.1) is 11.3 Å². The maximum Gasteiger partial charge on any atom is 0.323 e. The summed E-state index contributed by atoms with van der Waals surface area (Å²) < 4.78 is 5.23. The van der Waals surface area contributed by atoms with Crippen molar-refractivity contribution in [2.45, 2.75) is 31.6 Å². The molecule has 2 aromatic carbocycles. The number of hydrogen-bond donors (Lipinski definition) is 3. The Kier molecular flexibility index (Phi) is 7.47. The van der Waals surface area contributed by atoms with E-state index in [-0.39, 0.29) is 11.9 Å². The molecule has 0 saturated carbocycles. The Morgan fingerprint density at radius 1 is 0.914 bits per heavy atom. The van der Waals surface area contributed by atoms with Crippen LogP contribution in [0.25, 0.3) is 0 Å². The van der Waals surface area contributed by atoms with E-state index in [1.165, 1.54) is 11.8 Å². The monoisotopic (exact) mass is 487 g/mol. The van der Waals surface area contributed by atoms with Gasteiger partial charge >= 0.3 is 6.03 Å². The molecule has 0 aliphatic rings. The van der Waals surface area contributed by atoms with Gasteiger partial charge in [0.25, 0.3) is 5.91 Å². The molecule has 0 spiro atoms. The second-order valence-electron chi connectivity index (χ2n) is 7.88. The molecule has 8 nitrogen and oxygen atoms in total. The van der Waals surface area contributed by atoms with Gasteiger partial charge in [-0.2, -0.15) is 0 Å². The van der Waals surface area contributed by atoms with Crippen molar-refractivity contribution in [3.63, 3.8) is 0 Å². The standard InChI is InChI=1S/C26H25N5O3S/c1-16-11-12-20(29-26(33)28-19-8-5-4-6-9-19)14-23(16)30-24(32)21-10-7-13-27-25(21)35-15-22-17(2)31-34-18(22)3/h4-14H,15H2,1-3H3,(H,30,32)(H2,28,29,33). The van der Waals surface area contributed by atoms with Gasteiger partial charge in [0, 0.05) is 34.6 Å². The predicted molar refractivity (Wildman–Crippen MR) is 138 cm³/mol. The number of carbonyl (C=O) groups excluding carboxylic acids is 2. The third kappa shape index (κ3) is 6.07. The quantitative estimate of drug-likeness (QED) is 0.268. The molecular weight excluding hydrogens is 462 g/mol. The van der Waals surface area contributed by atoms with Crippen LogP contribution in [0.2, 0.25) is 0 Å². The van der Waals surface area contributed by atoms with Crippen LogP contribution in [0.5, 0.6) is 0 Å². The smallest absolute Gasteiger partial charge is 0.323 e. The van der Waals surface area contributed by atoms with Gasteiger partial charge in [-0.05, 0) is 62.7 Å². The average Bonchev–Trinajstić information content (AvgIpc) is 3.17. The van der Waals surface area contributed by atoms with E-state index in [0.29, 0.717) is 33.4 Å². The predicted octanol–water partition coefficient (Wildman–Crippen LogP) is 6.18. The number of benzene rings is 2. The van der Waals surface area contributed by atoms with E-state index in [1.807, 2.05) is 45.0 Å². The maximum atomic E-state index is 13.2. The molecule has 2 heterocycles. The Hall–Kier alpha value is -4.11. The van der Waals surface area contributed by atoms with Crippen LogP contribution >= 0.6 is 11.8 Å². The lowest BCUT2D eigenvalue weighted by Gasteiger charge is -2.13. The second kappa shape index (κ2) is 10.9. The van der Waals surface area contributed by atoms with Crippen molar-refractivity contribution >= 4 is 40.8 Å². The molecule has 3 N–H and O–H groups in total. The number of amides is 3. The molecule has 2 aromatic heterocycles. The normalized spacial score (nSPS) is 10.6. The highest BCUT2D eigenvalue weighted by atomic mass is 32.2. The number of rotatable bonds is 7. The van der Waals surface area contributed by atoms with Crippen molar-refractivity contribution in [1.29, 1.82) is 0 Å². The highest BCUT2D eigenvalue weighted by Gasteiger charge is 2.17. The number of nitrogens with zero attached hydrogens (tertiary/aromatic N) is 2. The first-order valence-corrected chi connectivity index (χ1v) is 11.9. The number of anilines is 3. The van der Waals surface area contributed by atoms with Crippen molar-refractivity contribution in [1.82, 2.24) is 10.1 Å². The van der Waals surface area contributed by atoms with Crippen molar-refractivity contribution < 1.29 is 14.1 Å². The molecule has 0 radical (unpaired) electrons. The fraction of sp³-hybridized carbons (Fsp3) is 0.154. The van der Waals surface area contributed by atoms with Gasteiger partial charge in [0.15, 0.2) is 0 Å². The summed E-state index contributed by atoms with van der Waals surface area (Å²) in [7, 11) is 0. The number of pyridine rings is 1. The maximum absolute atomic E-state index is 13.2. The van der Waals surface area contributed by atoms with E-state index in [4.69, 9.17) is 4.52 Å². The zero-order chi connectivity index (χ0) is 24.8. The number of carbonyl (C=O) groups is 2. The third-order valence-electron chi connectivity index (χ3n) is 5.33. The molecule has 3 amide bonds. The largest absolute Gasteiger partial charge is 0.361 e. The van der Waals surface area contributed by atoms with Crippen molar-refractivity contribution in [3.05, 3.63) is 95.0 Å². The zero-order valence-corrected chi connectivity index (χ0v) is 20.4. The molecule has 0 fully saturated rings. The van der Waals surface area contributed by atoms with Gasteiger partial charge < -0.3 is 20.5 Å². The molecule has 35 heavy (non-hydrogen) atoms. The Morgan fingerprint density at radius 3 is 2.43 bits per heavy atom. The summed E-state index contributed by atoms with van der Waals surface area (Å²) in [5.41, 5.74) is 4.98. The zero-order valence-electron chi connectivity index (χ0n) is 19.6. The van der Waals surface area contributed by atoms with E-state index in [1.54, 1.807) is 42.6 Å². The van der Waals surface area contributed by atoms with Crippen LogP contribution in [0.3, 0.4) is 0 Å². The molecule has 4 rings (SSSR count). The first kappa shape index (κ1) is 24.0. The number of hydrogen-bond acceptors (Lipinski definition) is 6. The summed E-state index contributed by atoms with van der Waals surface area (Å²) in [5, 5.41) is 13.1. The fourth-order valence-electron chi connectivity index (χ4n) is 3.37. The molecule has 0 saturated heterocycles. The highest BCUT2D eigenvalue weighted by Crippen LogP contribution is 2.28. The number of urea groups is 1. The third-order valence-corrected chi connectivity index (χ3v) is 6.36. The number of aromatic nitrogens is 2. The Balaban J connectivity index is 1.45. The molecule has 178 valence electrons. The topological polar surface area (TPSA) is 109 Å². The van der Waals surface area contributed by atoms with Crippen LogP contribution in [0.1, 0.15) is 32.9 Å². The lowest BCUT2D eigenvalue weighted by atomic mass is 10.1. The lowest BCUT2D eigenvalue weighted by molar-refractivity contribution is 0.102. The molecule has 0 aliphatic carbocycles. The molecule has 0 unspecified atom stereocenters. The minimum atomic E-state index is -0.373. The lowest BCUT2D eigenvalue weighted by Crippen LogP contribution is -2.20. The van der Waals surface area contributed by atoms with Crippen LogP contribution in [-0.2, 0) is 5.75 Å². The summed E-state index contributed by atoms with van der Waals surface area (Å²) in [6.07, 6.45) is 1.66. The van der Waals surface area contributed by atoms with Gasteiger partial charge in [-0.15, -0.1) is 11.8 Å². The van der Waals surface area contributed by atoms with E-state index < -0.39 is 0 Å². The molecule has 0 bridgehead atoms. The highest BCUT2D eigenvalue weighted by molar-refractivity contribution is 7.98. The van der Waals surface area contributed by atoms with E-state index in [9.17, 15) is 9.59 Å². The van der Waals surface area contributed by atoms with Crippen molar-refractivity contribution in [2.24, 2.45) is 0 Å². The Bertz CT molecular complexity index is 1330. The van der Waals surface area contributed by atoms with E-state index in [0.717, 1.165) is 22.6 Å². The minimum Gasteiger partial charge on any atom is -0.361 e. The van der Waals surface area contributed by atoms with Crippen LogP contribution in [0.4, 0.5) is 21.9 Å². The summed E-state index contributed by atoms with van der Waals surface area (Å²) in [5.74, 6) is 1.06. The van der Waals surface area contributed by atoms with Gasteiger partial charge in [-0.25, -0.2) is 9.78 Å². The summed E-state index contributed by atoms with van der Waals surface area (Å²) >= 11 is 1.45. The first-order chi connectivity index (χ1) is 16.9. The van der Waals surface area contributed by atoms with Crippen LogP contribution in [-0.4, -0.2) is 22.1 Å². The van der Waals surface area contributed by atoms with Crippen molar-refractivity contribution in [2.75, 3.05) is 16.0 Å². The molecule has 4 aromatic rings. The van der Waals surface area contributed by atoms with E-state index >= 15 is 0 Å². The summed E-state index contributed by atoms with van der Waals surface area (Å²) in [6, 6.07) is 17.6. The number of aryl methyl sites for hydroxylation is 3. The molecule has 0 atom stereocenters. The van der Waals surface area contributed by atoms with Gasteiger partial charge in [0.1, 0.15) is 10.8 Å². The Morgan fingerprint density at radius 2 is 1.69 bits per heavy atom. The van der Waals surface area contributed by atoms with Crippen LogP contribution in [0.15, 0.2) is 76.4 Å². The number of thioether (sulfide) groups is 1. The van der Waals surface area contributed by atoms with Gasteiger partial charge in [-0.3, -0.25) is 4.79 Å². The summed E-state index contributed by atoms with van der Waals surface area (Å²) in [4.78, 5) is 29.9.